The zero-order valence-electron chi connectivity index (χ0n) is 14.8. The maximum atomic E-state index is 11.7. The van der Waals surface area contributed by atoms with Crippen molar-refractivity contribution in [2.75, 3.05) is 26.8 Å². The van der Waals surface area contributed by atoms with Gasteiger partial charge in [-0.05, 0) is 23.8 Å². The zero-order valence-corrected chi connectivity index (χ0v) is 14.8. The number of hydrogen-bond acceptors (Lipinski definition) is 4. The Balaban J connectivity index is 1.50. The molecule has 7 heteroatoms. The lowest BCUT2D eigenvalue weighted by molar-refractivity contribution is -0.124. The van der Waals surface area contributed by atoms with Crippen molar-refractivity contribution in [2.45, 2.75) is 19.1 Å². The van der Waals surface area contributed by atoms with E-state index in [0.717, 1.165) is 25.2 Å². The number of carbonyl (C=O) groups excluding carboxylic acids is 1. The topological polar surface area (TPSA) is 75.2 Å². The van der Waals surface area contributed by atoms with Gasteiger partial charge in [0, 0.05) is 56.6 Å². The number of methoxy groups -OCH3 is 1. The van der Waals surface area contributed by atoms with Crippen LogP contribution in [0, 0.1) is 0 Å². The highest BCUT2D eigenvalue weighted by molar-refractivity contribution is 5.82. The number of hydrogen-bond donors (Lipinski definition) is 2. The standard InChI is InChI=1S/C19H23N5O2/c1-26-13-19(25)21-9-16-12-23(11-15-5-8-22-24(15)16)10-14-3-2-4-18-17(14)6-7-20-18/h2-8,16,20H,9-13H2,1H3,(H,21,25)/t16-/m1/s1. The molecule has 26 heavy (non-hydrogen) atoms. The van der Waals surface area contributed by atoms with Gasteiger partial charge in [0.2, 0.25) is 5.91 Å². The molecule has 1 aromatic carbocycles. The number of aromatic nitrogens is 3. The van der Waals surface area contributed by atoms with E-state index in [1.54, 1.807) is 0 Å². The Morgan fingerprint density at radius 1 is 1.38 bits per heavy atom. The first kappa shape index (κ1) is 16.8. The van der Waals surface area contributed by atoms with E-state index in [1.807, 2.05) is 23.1 Å². The number of benzene rings is 1. The number of nitrogens with zero attached hydrogens (tertiary/aromatic N) is 3. The molecule has 7 nitrogen and oxygen atoms in total. The van der Waals surface area contributed by atoms with Gasteiger partial charge in [0.1, 0.15) is 6.61 Å². The molecule has 1 amide bonds. The van der Waals surface area contributed by atoms with E-state index in [9.17, 15) is 4.79 Å². The Morgan fingerprint density at radius 3 is 3.19 bits per heavy atom. The van der Waals surface area contributed by atoms with Gasteiger partial charge in [-0.25, -0.2) is 0 Å². The Kier molecular flexibility index (Phi) is 4.73. The Bertz CT molecular complexity index is 900. The summed E-state index contributed by atoms with van der Waals surface area (Å²) in [6.45, 7) is 3.18. The molecule has 0 aliphatic carbocycles. The minimum atomic E-state index is -0.101. The molecular formula is C19H23N5O2. The van der Waals surface area contributed by atoms with Crippen LogP contribution in [-0.4, -0.2) is 52.4 Å². The lowest BCUT2D eigenvalue weighted by Crippen LogP contribution is -2.43. The Hall–Kier alpha value is -2.64. The van der Waals surface area contributed by atoms with E-state index >= 15 is 0 Å². The van der Waals surface area contributed by atoms with Crippen LogP contribution in [0.1, 0.15) is 17.3 Å². The van der Waals surface area contributed by atoms with Crippen molar-refractivity contribution in [3.63, 3.8) is 0 Å². The molecule has 2 aromatic heterocycles. The number of fused-ring (bicyclic) bond motifs is 2. The quantitative estimate of drug-likeness (QED) is 0.707. The Morgan fingerprint density at radius 2 is 2.31 bits per heavy atom. The zero-order chi connectivity index (χ0) is 17.9. The van der Waals surface area contributed by atoms with Crippen LogP contribution in [0.25, 0.3) is 10.9 Å². The largest absolute Gasteiger partial charge is 0.375 e. The monoisotopic (exact) mass is 353 g/mol. The van der Waals surface area contributed by atoms with Crippen LogP contribution in [0.15, 0.2) is 42.7 Å². The van der Waals surface area contributed by atoms with Gasteiger partial charge in [-0.2, -0.15) is 5.10 Å². The van der Waals surface area contributed by atoms with E-state index in [2.05, 4.69) is 44.6 Å². The maximum absolute atomic E-state index is 11.7. The normalized spacial score (nSPS) is 17.3. The number of rotatable bonds is 6. The van der Waals surface area contributed by atoms with Crippen molar-refractivity contribution >= 4 is 16.8 Å². The molecule has 3 heterocycles. The van der Waals surface area contributed by atoms with Crippen LogP contribution >= 0.6 is 0 Å². The number of H-pyrrole nitrogens is 1. The molecule has 0 saturated carbocycles. The van der Waals surface area contributed by atoms with Gasteiger partial charge < -0.3 is 15.0 Å². The third-order valence-electron chi connectivity index (χ3n) is 4.84. The summed E-state index contributed by atoms with van der Waals surface area (Å²) in [7, 11) is 1.52. The fraction of sp³-hybridized carbons (Fsp3) is 0.368. The van der Waals surface area contributed by atoms with E-state index < -0.39 is 0 Å². The molecule has 136 valence electrons. The Labute approximate surface area is 151 Å². The number of nitrogens with one attached hydrogen (secondary N) is 2. The van der Waals surface area contributed by atoms with Crippen molar-refractivity contribution in [1.29, 1.82) is 0 Å². The first-order valence-electron chi connectivity index (χ1n) is 8.80. The minimum absolute atomic E-state index is 0.0812. The van der Waals surface area contributed by atoms with Gasteiger partial charge in [0.05, 0.1) is 11.7 Å². The van der Waals surface area contributed by atoms with Crippen molar-refractivity contribution in [3.05, 3.63) is 54.0 Å². The van der Waals surface area contributed by atoms with E-state index in [1.165, 1.54) is 23.8 Å². The number of aromatic amines is 1. The maximum Gasteiger partial charge on any atom is 0.246 e. The highest BCUT2D eigenvalue weighted by atomic mass is 16.5. The summed E-state index contributed by atoms with van der Waals surface area (Å²) in [6, 6.07) is 10.6. The average molecular weight is 353 g/mol. The van der Waals surface area contributed by atoms with Gasteiger partial charge in [-0.3, -0.25) is 14.4 Å². The molecule has 0 spiro atoms. The summed E-state index contributed by atoms with van der Waals surface area (Å²) in [6.07, 6.45) is 3.81. The summed E-state index contributed by atoms with van der Waals surface area (Å²) in [5.74, 6) is -0.101. The molecule has 0 fully saturated rings. The van der Waals surface area contributed by atoms with Crippen LogP contribution in [0.4, 0.5) is 0 Å². The highest BCUT2D eigenvalue weighted by Crippen LogP contribution is 2.24. The average Bonchev–Trinajstić information content (AvgIpc) is 3.29. The van der Waals surface area contributed by atoms with Crippen LogP contribution in [-0.2, 0) is 22.6 Å². The summed E-state index contributed by atoms with van der Waals surface area (Å²) < 4.78 is 6.91. The second kappa shape index (κ2) is 7.31. The van der Waals surface area contributed by atoms with Gasteiger partial charge in [0.25, 0.3) is 0 Å². The first-order chi connectivity index (χ1) is 12.7. The summed E-state index contributed by atoms with van der Waals surface area (Å²) in [5, 5.41) is 8.65. The number of amides is 1. The summed E-state index contributed by atoms with van der Waals surface area (Å²) in [5.41, 5.74) is 3.63. The van der Waals surface area contributed by atoms with Gasteiger partial charge in [-0.15, -0.1) is 0 Å². The minimum Gasteiger partial charge on any atom is -0.375 e. The molecule has 0 bridgehead atoms. The summed E-state index contributed by atoms with van der Waals surface area (Å²) in [4.78, 5) is 17.4. The molecular weight excluding hydrogens is 330 g/mol. The number of carbonyl (C=O) groups is 1. The molecule has 1 aliphatic rings. The van der Waals surface area contributed by atoms with Gasteiger partial charge in [-0.1, -0.05) is 12.1 Å². The van der Waals surface area contributed by atoms with Gasteiger partial charge in [0.15, 0.2) is 0 Å². The van der Waals surface area contributed by atoms with Crippen molar-refractivity contribution in [3.8, 4) is 0 Å². The van der Waals surface area contributed by atoms with Crippen LogP contribution in [0.3, 0.4) is 0 Å². The second-order valence-corrected chi connectivity index (χ2v) is 6.68. The second-order valence-electron chi connectivity index (χ2n) is 6.68. The fourth-order valence-corrected chi connectivity index (χ4v) is 3.68. The molecule has 1 aliphatic heterocycles. The molecule has 1 atom stereocenters. The lowest BCUT2D eigenvalue weighted by Gasteiger charge is -2.34. The van der Waals surface area contributed by atoms with E-state index in [-0.39, 0.29) is 18.6 Å². The molecule has 0 unspecified atom stereocenters. The van der Waals surface area contributed by atoms with Crippen LogP contribution in [0.5, 0.6) is 0 Å². The molecule has 4 rings (SSSR count). The molecule has 0 saturated heterocycles. The molecule has 3 aromatic rings. The third kappa shape index (κ3) is 3.36. The van der Waals surface area contributed by atoms with E-state index in [4.69, 9.17) is 4.74 Å². The van der Waals surface area contributed by atoms with Crippen molar-refractivity contribution in [1.82, 2.24) is 25.0 Å². The lowest BCUT2D eigenvalue weighted by atomic mass is 10.1. The highest BCUT2D eigenvalue weighted by Gasteiger charge is 2.26. The SMILES string of the molecule is COCC(=O)NC[C@@H]1CN(Cc2cccc3[nH]ccc23)Cc2ccnn21. The third-order valence-corrected chi connectivity index (χ3v) is 4.84. The van der Waals surface area contributed by atoms with Crippen molar-refractivity contribution < 1.29 is 9.53 Å². The van der Waals surface area contributed by atoms with Crippen LogP contribution < -0.4 is 5.32 Å². The molecule has 0 radical (unpaired) electrons. The van der Waals surface area contributed by atoms with Crippen molar-refractivity contribution in [2.24, 2.45) is 0 Å². The number of ether oxygens (including phenoxy) is 1. The fourth-order valence-electron chi connectivity index (χ4n) is 3.68. The predicted octanol–water partition coefficient (Wildman–Crippen LogP) is 1.68. The van der Waals surface area contributed by atoms with E-state index in [0.29, 0.717) is 6.54 Å². The van der Waals surface area contributed by atoms with Gasteiger partial charge >= 0.3 is 0 Å². The predicted molar refractivity (Wildman–Crippen MR) is 98.6 cm³/mol. The summed E-state index contributed by atoms with van der Waals surface area (Å²) >= 11 is 0. The molecule has 2 N–H and O–H groups in total. The first-order valence-corrected chi connectivity index (χ1v) is 8.80. The van der Waals surface area contributed by atoms with Crippen LogP contribution in [0.2, 0.25) is 0 Å². The smallest absolute Gasteiger partial charge is 0.246 e.